The van der Waals surface area contributed by atoms with Crippen LogP contribution in [0.25, 0.3) is 10.9 Å². The van der Waals surface area contributed by atoms with Gasteiger partial charge in [0.1, 0.15) is 52.7 Å². The average Bonchev–Trinajstić information content (AvgIpc) is 3.31. The molecule has 1 aromatic heterocycles. The number of carboxylic acids is 1. The average molecular weight is 971 g/mol. The molecule has 67 heavy (non-hydrogen) atoms. The first kappa shape index (κ1) is 49.0. The number of hydrogen-bond donors (Lipinski definition) is 1. The van der Waals surface area contributed by atoms with Crippen molar-refractivity contribution >= 4 is 50.7 Å². The normalized spacial score (nSPS) is 11.5. The van der Waals surface area contributed by atoms with Crippen LogP contribution in [0.3, 0.4) is 0 Å². The van der Waals surface area contributed by atoms with Gasteiger partial charge in [0.05, 0.1) is 10.9 Å². The van der Waals surface area contributed by atoms with Gasteiger partial charge in [0.25, 0.3) is 0 Å². The van der Waals surface area contributed by atoms with E-state index < -0.39 is 150 Å². The highest BCUT2D eigenvalue weighted by Gasteiger charge is 2.52. The van der Waals surface area contributed by atoms with Gasteiger partial charge in [-0.1, -0.05) is 42.5 Å². The molecule has 7 aromatic rings. The third-order valence-corrected chi connectivity index (χ3v) is 10.3. The number of carbonyl (C=O) groups is 2. The van der Waals surface area contributed by atoms with Crippen molar-refractivity contribution in [1.82, 2.24) is 0 Å². The molecular weight excluding hydrogens is 957 g/mol. The van der Waals surface area contributed by atoms with Gasteiger partial charge in [-0.2, -0.15) is 4.57 Å². The van der Waals surface area contributed by atoms with E-state index in [9.17, 15) is 67.4 Å². The summed E-state index contributed by atoms with van der Waals surface area (Å²) in [5.41, 5.74) is -12.7. The molecule has 0 radical (unpaired) electrons. The number of ketones is 1. The molecule has 0 saturated heterocycles. The molecule has 25 heteroatoms. The van der Waals surface area contributed by atoms with Crippen molar-refractivity contribution in [2.45, 2.75) is 6.54 Å². The lowest BCUT2D eigenvalue weighted by Gasteiger charge is -2.44. The molecule has 0 fully saturated rings. The van der Waals surface area contributed by atoms with E-state index in [0.29, 0.717) is 10.9 Å². The number of pyridine rings is 1. The van der Waals surface area contributed by atoms with Crippen molar-refractivity contribution in [2.24, 2.45) is 0 Å². The standard InChI is InChI=1S/C24BF20.C18H13NO3/c26-5-1(6(27)14(35)21(42)13(5)34)25(2-7(28)15(36)22(43)16(37)8(2)29,3-9(30)17(38)23(44)18(39)10(3)31)4-11(32)19(40)24(45)20(41)12(4)33;20-17(13-6-2-1-3-7-13)12-19-11-10-15(18(21)22)14-8-4-5-9-16(14)19/h;1-11H,12H2/q-1;/p+1. The minimum absolute atomic E-state index is 0.0150. The van der Waals surface area contributed by atoms with Crippen LogP contribution in [-0.2, 0) is 6.54 Å². The molecule has 0 bridgehead atoms. The SMILES string of the molecule is Fc1c(F)c(F)c([B-](c2c(F)c(F)c(F)c(F)c2F)(c2c(F)c(F)c(F)c(F)c2F)c2c(F)c(F)c(F)c(F)c2F)c(F)c1F.O=C(C[n+]1ccc(C(=O)O)c2ccccc21)c1ccccc1. The molecule has 0 spiro atoms. The van der Waals surface area contributed by atoms with Crippen molar-refractivity contribution in [3.63, 3.8) is 0 Å². The zero-order chi connectivity index (χ0) is 49.9. The summed E-state index contributed by atoms with van der Waals surface area (Å²) in [4.78, 5) is 23.6. The molecular formula is C42H14BF20NO3. The lowest BCUT2D eigenvalue weighted by atomic mass is 9.12. The first-order valence-electron chi connectivity index (χ1n) is 17.8. The number of halogens is 20. The Morgan fingerprint density at radius 3 is 0.985 bits per heavy atom. The largest absolute Gasteiger partial charge is 0.478 e. The van der Waals surface area contributed by atoms with E-state index in [1.807, 2.05) is 30.3 Å². The molecule has 0 atom stereocenters. The maximum Gasteiger partial charge on any atom is 0.336 e. The number of carboxylic acid groups (broad SMARTS) is 1. The second-order valence-electron chi connectivity index (χ2n) is 13.8. The van der Waals surface area contributed by atoms with Crippen molar-refractivity contribution < 1.29 is 107 Å². The van der Waals surface area contributed by atoms with E-state index in [-0.39, 0.29) is 17.9 Å². The summed E-state index contributed by atoms with van der Waals surface area (Å²) in [6.07, 6.45) is -5.57. The van der Waals surface area contributed by atoms with Crippen LogP contribution in [0.4, 0.5) is 87.8 Å². The fourth-order valence-electron chi connectivity index (χ4n) is 7.36. The highest BCUT2D eigenvalue weighted by Crippen LogP contribution is 2.31. The molecule has 0 aliphatic rings. The number of aromatic carboxylic acids is 1. The van der Waals surface area contributed by atoms with Crippen molar-refractivity contribution in [1.29, 1.82) is 0 Å². The molecule has 0 aliphatic carbocycles. The van der Waals surface area contributed by atoms with Crippen molar-refractivity contribution in [2.75, 3.05) is 0 Å². The molecule has 1 heterocycles. The molecule has 1 N–H and O–H groups in total. The number of para-hydroxylation sites is 1. The minimum atomic E-state index is -7.22. The summed E-state index contributed by atoms with van der Waals surface area (Å²) in [7, 11) is 0. The Morgan fingerprint density at radius 2 is 0.672 bits per heavy atom. The summed E-state index contributed by atoms with van der Waals surface area (Å²) in [6.45, 7) is 0.171. The molecule has 0 saturated carbocycles. The van der Waals surface area contributed by atoms with E-state index in [4.69, 9.17) is 0 Å². The molecule has 348 valence electrons. The number of nitrogens with zero attached hydrogens (tertiary/aromatic N) is 1. The Morgan fingerprint density at radius 1 is 0.388 bits per heavy atom. The number of Topliss-reactive ketones (excluding diaryl/α,β-unsaturated/α-hetero) is 1. The topological polar surface area (TPSA) is 58.2 Å². The number of rotatable bonds is 8. The molecule has 4 nitrogen and oxygen atoms in total. The lowest BCUT2D eigenvalue weighted by Crippen LogP contribution is -2.81. The molecule has 6 aromatic carbocycles. The van der Waals surface area contributed by atoms with Crippen molar-refractivity contribution in [3.05, 3.63) is 194 Å². The van der Waals surface area contributed by atoms with Gasteiger partial charge in [-0.05, 0) is 6.07 Å². The van der Waals surface area contributed by atoms with Crippen LogP contribution in [0, 0.1) is 116 Å². The van der Waals surface area contributed by atoms with E-state index >= 15 is 35.1 Å². The Hall–Kier alpha value is -7.47. The van der Waals surface area contributed by atoms with Gasteiger partial charge < -0.3 is 5.11 Å². The Labute approximate surface area is 358 Å². The predicted molar refractivity (Wildman–Crippen MR) is 191 cm³/mol. The van der Waals surface area contributed by atoms with Gasteiger partial charge in [0.2, 0.25) is 17.8 Å². The third kappa shape index (κ3) is 7.64. The monoisotopic (exact) mass is 971 g/mol. The number of hydrogen-bond acceptors (Lipinski definition) is 2. The zero-order valence-electron chi connectivity index (χ0n) is 31.9. The molecule has 0 aliphatic heterocycles. The maximum absolute atomic E-state index is 15.4. The van der Waals surface area contributed by atoms with E-state index in [2.05, 4.69) is 0 Å². The van der Waals surface area contributed by atoms with Gasteiger partial charge in [-0.25, -0.2) is 92.6 Å². The summed E-state index contributed by atoms with van der Waals surface area (Å²) < 4.78 is 296. The predicted octanol–water partition coefficient (Wildman–Crippen LogP) is 8.55. The van der Waals surface area contributed by atoms with Gasteiger partial charge in [-0.15, -0.1) is 21.9 Å². The van der Waals surface area contributed by atoms with Crippen molar-refractivity contribution in [3.8, 4) is 0 Å². The third-order valence-electron chi connectivity index (χ3n) is 10.3. The lowest BCUT2D eigenvalue weighted by molar-refractivity contribution is -0.657. The van der Waals surface area contributed by atoms with Crippen LogP contribution in [-0.4, -0.2) is 23.0 Å². The van der Waals surface area contributed by atoms with Crippen LogP contribution in [0.5, 0.6) is 0 Å². The van der Waals surface area contributed by atoms with Crippen LogP contribution in [0.2, 0.25) is 0 Å². The molecule has 0 amide bonds. The van der Waals surface area contributed by atoms with Gasteiger partial charge in [0.15, 0.2) is 76.0 Å². The van der Waals surface area contributed by atoms with Gasteiger partial charge in [-0.3, -0.25) is 4.79 Å². The smallest absolute Gasteiger partial charge is 0.336 e. The first-order chi connectivity index (χ1) is 31.4. The first-order valence-corrected chi connectivity index (χ1v) is 17.8. The second kappa shape index (κ2) is 18.1. The van der Waals surface area contributed by atoms with Gasteiger partial charge >= 0.3 is 5.97 Å². The highest BCUT2D eigenvalue weighted by molar-refractivity contribution is 7.20. The number of aromatic nitrogens is 1. The summed E-state index contributed by atoms with van der Waals surface area (Å²) in [5.74, 6) is -72.4. The van der Waals surface area contributed by atoms with E-state index in [1.165, 1.54) is 6.07 Å². The van der Waals surface area contributed by atoms with Crippen LogP contribution in [0.1, 0.15) is 20.7 Å². The fraction of sp³-hybridized carbons (Fsp3) is 0.0238. The Balaban J connectivity index is 0.000000279. The number of benzene rings is 6. The van der Waals surface area contributed by atoms with E-state index in [0.717, 1.165) is 5.52 Å². The van der Waals surface area contributed by atoms with Crippen LogP contribution < -0.4 is 26.4 Å². The summed E-state index contributed by atoms with van der Waals surface area (Å²) in [6, 6.07) is 17.8. The van der Waals surface area contributed by atoms with Crippen LogP contribution in [0.15, 0.2) is 66.9 Å². The Bertz CT molecular complexity index is 2840. The maximum atomic E-state index is 15.4. The zero-order valence-corrected chi connectivity index (χ0v) is 31.9. The van der Waals surface area contributed by atoms with E-state index in [1.54, 1.807) is 35.0 Å². The van der Waals surface area contributed by atoms with Gasteiger partial charge in [0, 0.05) is 17.7 Å². The Kier molecular flexibility index (Phi) is 13.2. The summed E-state index contributed by atoms with van der Waals surface area (Å²) in [5, 5.41) is 9.88. The molecule has 7 rings (SSSR count). The quantitative estimate of drug-likeness (QED) is 0.0415. The highest BCUT2D eigenvalue weighted by atomic mass is 19.2. The minimum Gasteiger partial charge on any atom is -0.478 e. The van der Waals surface area contributed by atoms with Crippen LogP contribution >= 0.6 is 0 Å². The molecule has 0 unspecified atom stereocenters. The second-order valence-corrected chi connectivity index (χ2v) is 13.8. The fourth-order valence-corrected chi connectivity index (χ4v) is 7.36. The number of fused-ring (bicyclic) bond motifs is 1. The number of carbonyl (C=O) groups excluding carboxylic acids is 1. The summed E-state index contributed by atoms with van der Waals surface area (Å²) >= 11 is 0.